The maximum Gasteiger partial charge on any atom is 0.343 e. The molecule has 0 amide bonds. The average molecular weight is 518 g/mol. The molecule has 1 N–H and O–H groups in total. The number of aromatic nitrogens is 2. The molecule has 0 fully saturated rings. The Kier molecular flexibility index (Phi) is 5.48. The van der Waals surface area contributed by atoms with Crippen LogP contribution >= 0.6 is 34.2 Å². The number of nitrogens with one attached hydrogen (secondary N) is 1. The lowest BCUT2D eigenvalue weighted by molar-refractivity contribution is 0.0598. The Balaban J connectivity index is 2.44. The second-order valence-electron chi connectivity index (χ2n) is 5.98. The smallest absolute Gasteiger partial charge is 0.343 e. The minimum atomic E-state index is -0.834. The second kappa shape index (κ2) is 7.55. The van der Waals surface area contributed by atoms with Crippen LogP contribution in [0.3, 0.4) is 0 Å². The Bertz CT molecular complexity index is 1250. The molecule has 28 heavy (non-hydrogen) atoms. The minimum Gasteiger partial charge on any atom is -0.465 e. The molecule has 3 aromatic rings. The maximum absolute atomic E-state index is 14.3. The molecule has 0 aliphatic carbocycles. The summed E-state index contributed by atoms with van der Waals surface area (Å²) < 4.78 is 22.3. The van der Waals surface area contributed by atoms with Crippen molar-refractivity contribution < 1.29 is 13.9 Å². The van der Waals surface area contributed by atoms with Crippen molar-refractivity contribution in [3.05, 3.63) is 64.9 Å². The number of methoxy groups -OCH3 is 1. The number of benzene rings is 1. The number of carbonyl (C=O) groups is 1. The fraction of sp³-hybridized carbons (Fsp3) is 0.167. The van der Waals surface area contributed by atoms with Crippen LogP contribution in [0.5, 0.6) is 0 Å². The molecule has 0 saturated carbocycles. The number of pyridine rings is 2. The highest BCUT2D eigenvalue weighted by atomic mass is 127. The number of fused-ring (bicyclic) bond motifs is 1. The van der Waals surface area contributed by atoms with E-state index in [9.17, 15) is 18.8 Å². The van der Waals surface area contributed by atoms with Crippen LogP contribution in [0.15, 0.2) is 34.0 Å². The zero-order valence-corrected chi connectivity index (χ0v) is 17.9. The van der Waals surface area contributed by atoms with Crippen molar-refractivity contribution in [2.75, 3.05) is 12.4 Å². The first kappa shape index (κ1) is 20.3. The van der Waals surface area contributed by atoms with Crippen LogP contribution in [0.4, 0.5) is 15.8 Å². The summed E-state index contributed by atoms with van der Waals surface area (Å²) in [5.41, 5.74) is -1.35. The van der Waals surface area contributed by atoms with Crippen LogP contribution in [-0.2, 0) is 18.8 Å². The van der Waals surface area contributed by atoms with Crippen LogP contribution in [0.25, 0.3) is 11.0 Å². The molecule has 2 aromatic heterocycles. The Morgan fingerprint density at radius 1 is 1.29 bits per heavy atom. The summed E-state index contributed by atoms with van der Waals surface area (Å²) >= 11 is 8.17. The van der Waals surface area contributed by atoms with Crippen LogP contribution in [0.2, 0.25) is 5.02 Å². The molecule has 0 saturated heterocycles. The highest BCUT2D eigenvalue weighted by molar-refractivity contribution is 14.1. The predicted octanol–water partition coefficient (Wildman–Crippen LogP) is 3.16. The van der Waals surface area contributed by atoms with Crippen molar-refractivity contribution in [1.82, 2.24) is 9.13 Å². The van der Waals surface area contributed by atoms with Gasteiger partial charge in [0.15, 0.2) is 0 Å². The van der Waals surface area contributed by atoms with Crippen molar-refractivity contribution >= 4 is 62.6 Å². The molecule has 7 nitrogen and oxygen atoms in total. The van der Waals surface area contributed by atoms with Gasteiger partial charge in [-0.1, -0.05) is 11.6 Å². The molecule has 2 heterocycles. The summed E-state index contributed by atoms with van der Waals surface area (Å²) in [6, 6.07) is 4.41. The number of hydrogen-bond acceptors (Lipinski definition) is 5. The fourth-order valence-corrected chi connectivity index (χ4v) is 3.64. The second-order valence-corrected chi connectivity index (χ2v) is 7.60. The highest BCUT2D eigenvalue weighted by Gasteiger charge is 2.23. The van der Waals surface area contributed by atoms with Crippen LogP contribution in [0, 0.1) is 9.39 Å². The molecule has 0 spiro atoms. The average Bonchev–Trinajstić information content (AvgIpc) is 2.66. The number of rotatable bonds is 3. The fourth-order valence-electron chi connectivity index (χ4n) is 2.91. The summed E-state index contributed by atoms with van der Waals surface area (Å²) in [4.78, 5) is 37.6. The molecule has 0 radical (unpaired) electrons. The lowest BCUT2D eigenvalue weighted by Gasteiger charge is -2.17. The van der Waals surface area contributed by atoms with Gasteiger partial charge in [-0.15, -0.1) is 0 Å². The van der Waals surface area contributed by atoms with Gasteiger partial charge >= 0.3 is 5.97 Å². The molecule has 0 aliphatic rings. The van der Waals surface area contributed by atoms with Crippen molar-refractivity contribution in [3.63, 3.8) is 0 Å². The van der Waals surface area contributed by atoms with Gasteiger partial charge in [-0.25, -0.2) is 9.18 Å². The van der Waals surface area contributed by atoms with E-state index in [1.165, 1.54) is 34.5 Å². The van der Waals surface area contributed by atoms with Crippen molar-refractivity contribution in [2.24, 2.45) is 14.1 Å². The minimum absolute atomic E-state index is 0.0300. The van der Waals surface area contributed by atoms with E-state index in [0.29, 0.717) is 3.57 Å². The summed E-state index contributed by atoms with van der Waals surface area (Å²) in [5, 5.41) is 2.41. The standard InChI is InChI=1S/C18H14ClFIN3O4/c1-23-7-9(18(27)28-3)15(25)12-14(13(19)17(26)24(2)16(12)23)22-11-5-4-8(21)6-10(11)20/h4-7,22H,1-3H3. The normalized spacial score (nSPS) is 10.9. The van der Waals surface area contributed by atoms with E-state index in [-0.39, 0.29) is 33.0 Å². The van der Waals surface area contributed by atoms with E-state index in [2.05, 4.69) is 10.1 Å². The van der Waals surface area contributed by atoms with E-state index >= 15 is 0 Å². The number of carbonyl (C=O) groups excluding carboxylic acids is 1. The molecule has 0 atom stereocenters. The summed E-state index contributed by atoms with van der Waals surface area (Å²) in [6.07, 6.45) is 1.28. The lowest BCUT2D eigenvalue weighted by Crippen LogP contribution is -2.27. The van der Waals surface area contributed by atoms with E-state index in [0.717, 1.165) is 7.11 Å². The first-order valence-corrected chi connectivity index (χ1v) is 9.35. The third kappa shape index (κ3) is 3.28. The van der Waals surface area contributed by atoms with Gasteiger partial charge in [0.1, 0.15) is 22.1 Å². The topological polar surface area (TPSA) is 82.3 Å². The van der Waals surface area contributed by atoms with E-state index < -0.39 is 22.8 Å². The number of esters is 1. The van der Waals surface area contributed by atoms with E-state index in [1.54, 1.807) is 13.1 Å². The number of ether oxygens (including phenoxy) is 1. The first-order chi connectivity index (χ1) is 13.2. The Morgan fingerprint density at radius 2 is 1.96 bits per heavy atom. The lowest BCUT2D eigenvalue weighted by atomic mass is 10.1. The van der Waals surface area contributed by atoms with Gasteiger partial charge in [-0.05, 0) is 40.8 Å². The van der Waals surface area contributed by atoms with Crippen molar-refractivity contribution in [1.29, 1.82) is 0 Å². The molecule has 0 unspecified atom stereocenters. The molecular formula is C18H14ClFIN3O4. The van der Waals surface area contributed by atoms with Gasteiger partial charge in [0.2, 0.25) is 5.43 Å². The van der Waals surface area contributed by atoms with Gasteiger partial charge in [0, 0.05) is 23.9 Å². The van der Waals surface area contributed by atoms with Crippen LogP contribution < -0.4 is 16.3 Å². The highest BCUT2D eigenvalue weighted by Crippen LogP contribution is 2.30. The third-order valence-corrected chi connectivity index (χ3v) is 5.25. The summed E-state index contributed by atoms with van der Waals surface area (Å²) in [6.45, 7) is 0. The number of hydrogen-bond donors (Lipinski definition) is 1. The molecule has 0 bridgehead atoms. The molecule has 1 aromatic carbocycles. The van der Waals surface area contributed by atoms with Gasteiger partial charge in [0.25, 0.3) is 5.56 Å². The van der Waals surface area contributed by atoms with E-state index in [1.807, 2.05) is 22.6 Å². The number of nitrogens with zero attached hydrogens (tertiary/aromatic N) is 2. The van der Waals surface area contributed by atoms with Gasteiger partial charge in [0.05, 0.1) is 23.9 Å². The number of anilines is 2. The van der Waals surface area contributed by atoms with Crippen molar-refractivity contribution in [3.8, 4) is 0 Å². The van der Waals surface area contributed by atoms with Crippen LogP contribution in [0.1, 0.15) is 10.4 Å². The van der Waals surface area contributed by atoms with Gasteiger partial charge in [-0.2, -0.15) is 0 Å². The zero-order chi connectivity index (χ0) is 20.7. The number of halogens is 3. The quantitative estimate of drug-likeness (QED) is 0.426. The van der Waals surface area contributed by atoms with Gasteiger partial charge in [-0.3, -0.25) is 14.2 Å². The van der Waals surface area contributed by atoms with Crippen molar-refractivity contribution in [2.45, 2.75) is 0 Å². The Morgan fingerprint density at radius 3 is 2.57 bits per heavy atom. The molecule has 10 heteroatoms. The largest absolute Gasteiger partial charge is 0.465 e. The Labute approximate surface area is 176 Å². The van der Waals surface area contributed by atoms with E-state index in [4.69, 9.17) is 11.6 Å². The van der Waals surface area contributed by atoms with Gasteiger partial charge < -0.3 is 14.6 Å². The SMILES string of the molecule is COC(=O)c1cn(C)c2c(c(Nc3ccc(I)cc3F)c(Cl)c(=O)n2C)c1=O. The Hall–Kier alpha value is -2.40. The molecule has 146 valence electrons. The summed E-state index contributed by atoms with van der Waals surface area (Å²) in [7, 11) is 4.17. The third-order valence-electron chi connectivity index (χ3n) is 4.23. The first-order valence-electron chi connectivity index (χ1n) is 7.89. The monoisotopic (exact) mass is 517 g/mol. The predicted molar refractivity (Wildman–Crippen MR) is 113 cm³/mol. The maximum atomic E-state index is 14.3. The number of aryl methyl sites for hydroxylation is 2. The molecular weight excluding hydrogens is 504 g/mol. The summed E-state index contributed by atoms with van der Waals surface area (Å²) in [5.74, 6) is -1.42. The molecule has 3 rings (SSSR count). The van der Waals surface area contributed by atoms with Crippen LogP contribution in [-0.4, -0.2) is 22.2 Å². The molecule has 0 aliphatic heterocycles. The zero-order valence-electron chi connectivity index (χ0n) is 15.0.